The van der Waals surface area contributed by atoms with Gasteiger partial charge in [-0.3, -0.25) is 4.99 Å². The molecule has 0 aliphatic rings. The summed E-state index contributed by atoms with van der Waals surface area (Å²) in [6, 6.07) is 5.91. The van der Waals surface area contributed by atoms with E-state index in [1.54, 1.807) is 0 Å². The Bertz CT molecular complexity index is 433. The lowest BCUT2D eigenvalue weighted by Crippen LogP contribution is -2.36. The van der Waals surface area contributed by atoms with Gasteiger partial charge in [0.2, 0.25) is 0 Å². The van der Waals surface area contributed by atoms with E-state index in [9.17, 15) is 0 Å². The van der Waals surface area contributed by atoms with Gasteiger partial charge in [-0.1, -0.05) is 11.6 Å². The predicted octanol–water partition coefficient (Wildman–Crippen LogP) is 2.59. The molecule has 0 unspecified atom stereocenters. The minimum absolute atomic E-state index is 0.286. The van der Waals surface area contributed by atoms with Gasteiger partial charge in [-0.05, 0) is 51.0 Å². The van der Waals surface area contributed by atoms with Crippen LogP contribution in [-0.4, -0.2) is 25.2 Å². The van der Waals surface area contributed by atoms with Crippen molar-refractivity contribution >= 4 is 17.6 Å². The SMILES string of the molecule is CCOc1ccc(Cl)cc1CCN=C(N)NC(C)C. The summed E-state index contributed by atoms with van der Waals surface area (Å²) in [6.45, 7) is 7.24. The molecule has 0 saturated carbocycles. The van der Waals surface area contributed by atoms with E-state index >= 15 is 0 Å². The maximum atomic E-state index is 6.00. The van der Waals surface area contributed by atoms with E-state index < -0.39 is 0 Å². The third kappa shape index (κ3) is 5.83. The standard InChI is InChI=1S/C14H22ClN3O/c1-4-19-13-6-5-12(15)9-11(13)7-8-17-14(16)18-10(2)3/h5-6,9-10H,4,7-8H2,1-3H3,(H3,16,17,18). The van der Waals surface area contributed by atoms with Gasteiger partial charge in [0, 0.05) is 17.6 Å². The number of nitrogens with zero attached hydrogens (tertiary/aromatic N) is 1. The second-order valence-corrected chi connectivity index (χ2v) is 4.94. The molecule has 0 bridgehead atoms. The van der Waals surface area contributed by atoms with Gasteiger partial charge >= 0.3 is 0 Å². The smallest absolute Gasteiger partial charge is 0.188 e. The van der Waals surface area contributed by atoms with Gasteiger partial charge < -0.3 is 15.8 Å². The van der Waals surface area contributed by atoms with Crippen molar-refractivity contribution in [1.29, 1.82) is 0 Å². The molecule has 1 aromatic rings. The number of guanidine groups is 1. The molecule has 0 amide bonds. The molecule has 0 radical (unpaired) electrons. The second-order valence-electron chi connectivity index (χ2n) is 4.50. The summed E-state index contributed by atoms with van der Waals surface area (Å²) < 4.78 is 5.56. The maximum absolute atomic E-state index is 6.00. The third-order valence-electron chi connectivity index (χ3n) is 2.42. The molecule has 0 aromatic heterocycles. The van der Waals surface area contributed by atoms with Crippen LogP contribution < -0.4 is 15.8 Å². The lowest BCUT2D eigenvalue weighted by molar-refractivity contribution is 0.336. The molecule has 4 nitrogen and oxygen atoms in total. The van der Waals surface area contributed by atoms with Crippen LogP contribution in [0.2, 0.25) is 5.02 Å². The minimum atomic E-state index is 0.286. The van der Waals surface area contributed by atoms with Crippen molar-refractivity contribution in [2.75, 3.05) is 13.2 Å². The van der Waals surface area contributed by atoms with Gasteiger partial charge in [-0.25, -0.2) is 0 Å². The molecule has 0 fully saturated rings. The first-order chi connectivity index (χ1) is 9.02. The highest BCUT2D eigenvalue weighted by Crippen LogP contribution is 2.23. The molecule has 5 heteroatoms. The summed E-state index contributed by atoms with van der Waals surface area (Å²) in [4.78, 5) is 4.28. The predicted molar refractivity (Wildman–Crippen MR) is 81.1 cm³/mol. The Hall–Kier alpha value is -1.42. The van der Waals surface area contributed by atoms with Crippen LogP contribution in [0.4, 0.5) is 0 Å². The van der Waals surface area contributed by atoms with E-state index in [0.29, 0.717) is 24.1 Å². The Kier molecular flexibility index (Phi) is 6.50. The van der Waals surface area contributed by atoms with E-state index in [1.165, 1.54) is 0 Å². The number of halogens is 1. The lowest BCUT2D eigenvalue weighted by atomic mass is 10.1. The first kappa shape index (κ1) is 15.6. The van der Waals surface area contributed by atoms with Gasteiger partial charge in [0.15, 0.2) is 5.96 Å². The third-order valence-corrected chi connectivity index (χ3v) is 2.66. The summed E-state index contributed by atoms with van der Waals surface area (Å²) in [6.07, 6.45) is 0.746. The summed E-state index contributed by atoms with van der Waals surface area (Å²) in [5.41, 5.74) is 6.80. The Labute approximate surface area is 120 Å². The van der Waals surface area contributed by atoms with Crippen molar-refractivity contribution in [1.82, 2.24) is 5.32 Å². The van der Waals surface area contributed by atoms with Gasteiger partial charge in [-0.2, -0.15) is 0 Å². The van der Waals surface area contributed by atoms with Crippen LogP contribution >= 0.6 is 11.6 Å². The van der Waals surface area contributed by atoms with Crippen LogP contribution in [0.1, 0.15) is 26.3 Å². The summed E-state index contributed by atoms with van der Waals surface area (Å²) in [5.74, 6) is 1.33. The van der Waals surface area contributed by atoms with Gasteiger partial charge in [0.05, 0.1) is 6.61 Å². The van der Waals surface area contributed by atoms with Crippen molar-refractivity contribution in [2.24, 2.45) is 10.7 Å². The van der Waals surface area contributed by atoms with Gasteiger partial charge in [-0.15, -0.1) is 0 Å². The Morgan fingerprint density at radius 2 is 2.21 bits per heavy atom. The quantitative estimate of drug-likeness (QED) is 0.623. The molecule has 0 heterocycles. The highest BCUT2D eigenvalue weighted by molar-refractivity contribution is 6.30. The normalized spacial score (nSPS) is 11.7. The zero-order valence-corrected chi connectivity index (χ0v) is 12.5. The zero-order valence-electron chi connectivity index (χ0n) is 11.7. The first-order valence-electron chi connectivity index (χ1n) is 6.50. The highest BCUT2D eigenvalue weighted by atomic mass is 35.5. The number of ether oxygens (including phenoxy) is 1. The largest absolute Gasteiger partial charge is 0.494 e. The number of hydrogen-bond acceptors (Lipinski definition) is 2. The van der Waals surface area contributed by atoms with Crippen molar-refractivity contribution in [3.05, 3.63) is 28.8 Å². The van der Waals surface area contributed by atoms with Crippen LogP contribution in [0.15, 0.2) is 23.2 Å². The average Bonchev–Trinajstić information content (AvgIpc) is 2.31. The molecule has 3 N–H and O–H groups in total. The van der Waals surface area contributed by atoms with Crippen LogP contribution in [0.3, 0.4) is 0 Å². The number of nitrogens with one attached hydrogen (secondary N) is 1. The average molecular weight is 284 g/mol. The minimum Gasteiger partial charge on any atom is -0.494 e. The Balaban J connectivity index is 2.63. The molecular formula is C14H22ClN3O. The molecule has 1 aromatic carbocycles. The maximum Gasteiger partial charge on any atom is 0.188 e. The van der Waals surface area contributed by atoms with E-state index in [2.05, 4.69) is 10.3 Å². The monoisotopic (exact) mass is 283 g/mol. The van der Waals surface area contributed by atoms with Gasteiger partial charge in [0.25, 0.3) is 0 Å². The Morgan fingerprint density at radius 3 is 2.84 bits per heavy atom. The zero-order chi connectivity index (χ0) is 14.3. The fourth-order valence-corrected chi connectivity index (χ4v) is 1.87. The second kappa shape index (κ2) is 7.89. The van der Waals surface area contributed by atoms with E-state index in [-0.39, 0.29) is 6.04 Å². The number of nitrogens with two attached hydrogens (primary N) is 1. The van der Waals surface area contributed by atoms with Crippen LogP contribution in [0.5, 0.6) is 5.75 Å². The molecule has 0 aliphatic carbocycles. The topological polar surface area (TPSA) is 59.6 Å². The summed E-state index contributed by atoms with van der Waals surface area (Å²) in [5, 5.41) is 3.75. The Morgan fingerprint density at radius 1 is 1.47 bits per heavy atom. The van der Waals surface area contributed by atoms with Crippen molar-refractivity contribution in [2.45, 2.75) is 33.2 Å². The molecule has 0 saturated heterocycles. The lowest BCUT2D eigenvalue weighted by Gasteiger charge is -2.11. The molecule has 0 atom stereocenters. The fourth-order valence-electron chi connectivity index (χ4n) is 1.68. The van der Waals surface area contributed by atoms with Crippen molar-refractivity contribution in [3.8, 4) is 5.75 Å². The van der Waals surface area contributed by atoms with Crippen LogP contribution in [0.25, 0.3) is 0 Å². The molecule has 19 heavy (non-hydrogen) atoms. The molecular weight excluding hydrogens is 262 g/mol. The van der Waals surface area contributed by atoms with Crippen molar-refractivity contribution < 1.29 is 4.74 Å². The van der Waals surface area contributed by atoms with E-state index in [1.807, 2.05) is 39.0 Å². The number of rotatable bonds is 6. The molecule has 0 aliphatic heterocycles. The molecule has 106 valence electrons. The summed E-state index contributed by atoms with van der Waals surface area (Å²) >= 11 is 6.00. The van der Waals surface area contributed by atoms with E-state index in [0.717, 1.165) is 17.7 Å². The highest BCUT2D eigenvalue weighted by Gasteiger charge is 2.04. The first-order valence-corrected chi connectivity index (χ1v) is 6.88. The fraction of sp³-hybridized carbons (Fsp3) is 0.500. The van der Waals surface area contributed by atoms with Crippen LogP contribution in [-0.2, 0) is 6.42 Å². The number of hydrogen-bond donors (Lipinski definition) is 2. The van der Waals surface area contributed by atoms with Crippen molar-refractivity contribution in [3.63, 3.8) is 0 Å². The number of aliphatic imine (C=N–C) groups is 1. The van der Waals surface area contributed by atoms with E-state index in [4.69, 9.17) is 22.1 Å². The molecule has 1 rings (SSSR count). The number of benzene rings is 1. The van der Waals surface area contributed by atoms with Gasteiger partial charge in [0.1, 0.15) is 5.75 Å². The molecule has 0 spiro atoms. The summed E-state index contributed by atoms with van der Waals surface area (Å²) in [7, 11) is 0. The van der Waals surface area contributed by atoms with Crippen LogP contribution in [0, 0.1) is 0 Å².